The summed E-state index contributed by atoms with van der Waals surface area (Å²) in [6.45, 7) is 0. The topological polar surface area (TPSA) is 55.1 Å². The van der Waals surface area contributed by atoms with E-state index >= 15 is 0 Å². The summed E-state index contributed by atoms with van der Waals surface area (Å²) in [5.74, 6) is 0.586. The Labute approximate surface area is 151 Å². The number of nitrogens with one attached hydrogen (secondary N) is 1. The highest BCUT2D eigenvalue weighted by Gasteiger charge is 2.20. The Morgan fingerprint density at radius 1 is 0.885 bits per heavy atom. The summed E-state index contributed by atoms with van der Waals surface area (Å²) in [7, 11) is 0. The average Bonchev–Trinajstić information content (AvgIpc) is 3.07. The van der Waals surface area contributed by atoms with E-state index in [9.17, 15) is 4.79 Å². The summed E-state index contributed by atoms with van der Waals surface area (Å²) >= 11 is 0. The summed E-state index contributed by atoms with van der Waals surface area (Å²) in [5.41, 5.74) is 2.88. The minimum Gasteiger partial charge on any atom is -0.451 e. The maximum Gasteiger partial charge on any atom is 0.292 e. The number of carbonyl (C=O) groups is 1. The van der Waals surface area contributed by atoms with Crippen molar-refractivity contribution in [3.63, 3.8) is 0 Å². The lowest BCUT2D eigenvalue weighted by Gasteiger charge is -2.05. The fraction of sp³-hybridized carbons (Fsp3) is 0.0909. The van der Waals surface area contributed by atoms with Crippen molar-refractivity contribution in [3.05, 3.63) is 95.9 Å². The van der Waals surface area contributed by atoms with E-state index in [1.54, 1.807) is 12.3 Å². The Bertz CT molecular complexity index is 1020. The van der Waals surface area contributed by atoms with Gasteiger partial charge in [-0.1, -0.05) is 54.6 Å². The number of rotatable bonds is 5. The molecule has 0 spiro atoms. The molecule has 4 heteroatoms. The van der Waals surface area contributed by atoms with E-state index in [4.69, 9.17) is 4.42 Å². The smallest absolute Gasteiger partial charge is 0.292 e. The van der Waals surface area contributed by atoms with Crippen molar-refractivity contribution in [3.8, 4) is 0 Å². The van der Waals surface area contributed by atoms with Gasteiger partial charge in [-0.05, 0) is 36.6 Å². The van der Waals surface area contributed by atoms with Crippen LogP contribution >= 0.6 is 0 Å². The molecule has 0 atom stereocenters. The summed E-state index contributed by atoms with van der Waals surface area (Å²) in [4.78, 5) is 16.9. The molecule has 2 aromatic heterocycles. The molecule has 2 aromatic carbocycles. The van der Waals surface area contributed by atoms with Gasteiger partial charge in [0.25, 0.3) is 5.91 Å². The van der Waals surface area contributed by atoms with Crippen LogP contribution in [-0.4, -0.2) is 10.9 Å². The van der Waals surface area contributed by atoms with Crippen LogP contribution in [0.5, 0.6) is 0 Å². The van der Waals surface area contributed by atoms with E-state index in [0.717, 1.165) is 29.4 Å². The Balaban J connectivity index is 1.66. The SMILES string of the molecule is O=C(Nc1ccccn1)c1oc2ccccc2c1CCc1ccccc1. The van der Waals surface area contributed by atoms with Gasteiger partial charge in [0.05, 0.1) is 0 Å². The summed E-state index contributed by atoms with van der Waals surface area (Å²) in [5, 5.41) is 3.80. The number of aryl methyl sites for hydroxylation is 2. The number of aromatic nitrogens is 1. The molecular formula is C22H18N2O2. The minimum atomic E-state index is -0.275. The van der Waals surface area contributed by atoms with Gasteiger partial charge >= 0.3 is 0 Å². The first-order valence-corrected chi connectivity index (χ1v) is 8.58. The number of furan rings is 1. The molecule has 4 nitrogen and oxygen atoms in total. The van der Waals surface area contributed by atoms with Gasteiger partial charge in [-0.2, -0.15) is 0 Å². The van der Waals surface area contributed by atoms with Crippen LogP contribution in [0.25, 0.3) is 11.0 Å². The minimum absolute atomic E-state index is 0.275. The van der Waals surface area contributed by atoms with Crippen LogP contribution in [0, 0.1) is 0 Å². The van der Waals surface area contributed by atoms with Crippen molar-refractivity contribution in [2.75, 3.05) is 5.32 Å². The van der Waals surface area contributed by atoms with Crippen molar-refractivity contribution in [1.82, 2.24) is 4.98 Å². The molecule has 1 N–H and O–H groups in total. The van der Waals surface area contributed by atoms with Crippen molar-refractivity contribution >= 4 is 22.7 Å². The third-order valence-corrected chi connectivity index (χ3v) is 4.32. The van der Waals surface area contributed by atoms with Gasteiger partial charge in [0.2, 0.25) is 0 Å². The highest BCUT2D eigenvalue weighted by molar-refractivity contribution is 6.06. The van der Waals surface area contributed by atoms with Gasteiger partial charge in [0.1, 0.15) is 11.4 Å². The lowest BCUT2D eigenvalue weighted by Crippen LogP contribution is -2.14. The lowest BCUT2D eigenvalue weighted by molar-refractivity contribution is 0.0997. The number of nitrogens with zero attached hydrogens (tertiary/aromatic N) is 1. The number of anilines is 1. The van der Waals surface area contributed by atoms with Crippen LogP contribution in [0.15, 0.2) is 83.4 Å². The second-order valence-electron chi connectivity index (χ2n) is 6.06. The molecule has 0 aliphatic carbocycles. The Kier molecular flexibility index (Phi) is 4.48. The number of fused-ring (bicyclic) bond motifs is 1. The Hall–Kier alpha value is -3.40. The molecule has 26 heavy (non-hydrogen) atoms. The van der Waals surface area contributed by atoms with Gasteiger partial charge < -0.3 is 9.73 Å². The van der Waals surface area contributed by atoms with Gasteiger partial charge in [0, 0.05) is 17.1 Å². The largest absolute Gasteiger partial charge is 0.451 e. The molecule has 0 aliphatic heterocycles. The molecule has 2 heterocycles. The first-order chi connectivity index (χ1) is 12.8. The standard InChI is InChI=1S/C22H18N2O2/c25-22(24-20-12-6-7-15-23-20)21-18(14-13-16-8-2-1-3-9-16)17-10-4-5-11-19(17)26-21/h1-12,15H,13-14H2,(H,23,24,25). The predicted octanol–water partition coefficient (Wildman–Crippen LogP) is 4.87. The third-order valence-electron chi connectivity index (χ3n) is 4.32. The normalized spacial score (nSPS) is 10.8. The van der Waals surface area contributed by atoms with E-state index in [0.29, 0.717) is 11.6 Å². The Morgan fingerprint density at radius 2 is 1.65 bits per heavy atom. The molecule has 4 aromatic rings. The first-order valence-electron chi connectivity index (χ1n) is 8.58. The van der Waals surface area contributed by atoms with Gasteiger partial charge in [0.15, 0.2) is 5.76 Å². The van der Waals surface area contributed by atoms with Gasteiger partial charge in [-0.25, -0.2) is 4.98 Å². The maximum atomic E-state index is 12.8. The number of amides is 1. The van der Waals surface area contributed by atoms with E-state index in [2.05, 4.69) is 22.4 Å². The molecular weight excluding hydrogens is 324 g/mol. The summed E-state index contributed by atoms with van der Waals surface area (Å²) in [6, 6.07) is 23.4. The molecule has 128 valence electrons. The summed E-state index contributed by atoms with van der Waals surface area (Å²) in [6.07, 6.45) is 3.21. The number of pyridine rings is 1. The maximum absolute atomic E-state index is 12.8. The summed E-state index contributed by atoms with van der Waals surface area (Å²) < 4.78 is 5.88. The molecule has 0 radical (unpaired) electrons. The molecule has 0 bridgehead atoms. The highest BCUT2D eigenvalue weighted by atomic mass is 16.3. The third kappa shape index (κ3) is 3.35. The average molecular weight is 342 g/mol. The van der Waals surface area contributed by atoms with E-state index < -0.39 is 0 Å². The van der Waals surface area contributed by atoms with Crippen LogP contribution in [0.2, 0.25) is 0 Å². The van der Waals surface area contributed by atoms with E-state index in [-0.39, 0.29) is 5.91 Å². The first kappa shape index (κ1) is 16.1. The van der Waals surface area contributed by atoms with Crippen LogP contribution in [0.1, 0.15) is 21.7 Å². The number of para-hydroxylation sites is 1. The van der Waals surface area contributed by atoms with Crippen LogP contribution < -0.4 is 5.32 Å². The van der Waals surface area contributed by atoms with Crippen LogP contribution in [-0.2, 0) is 12.8 Å². The molecule has 0 saturated heterocycles. The lowest BCUT2D eigenvalue weighted by atomic mass is 10.0. The fourth-order valence-electron chi connectivity index (χ4n) is 3.05. The van der Waals surface area contributed by atoms with Gasteiger partial charge in [-0.15, -0.1) is 0 Å². The number of hydrogen-bond acceptors (Lipinski definition) is 3. The van der Waals surface area contributed by atoms with Crippen LogP contribution in [0.3, 0.4) is 0 Å². The molecule has 0 saturated carbocycles. The molecule has 4 rings (SSSR count). The number of benzene rings is 2. The van der Waals surface area contributed by atoms with Crippen molar-refractivity contribution < 1.29 is 9.21 Å². The zero-order valence-corrected chi connectivity index (χ0v) is 14.2. The second-order valence-corrected chi connectivity index (χ2v) is 6.06. The van der Waals surface area contributed by atoms with Gasteiger partial charge in [-0.3, -0.25) is 4.79 Å². The molecule has 0 unspecified atom stereocenters. The second kappa shape index (κ2) is 7.23. The van der Waals surface area contributed by atoms with E-state index in [1.807, 2.05) is 54.6 Å². The van der Waals surface area contributed by atoms with Crippen LogP contribution in [0.4, 0.5) is 5.82 Å². The zero-order valence-electron chi connectivity index (χ0n) is 14.2. The number of carbonyl (C=O) groups excluding carboxylic acids is 1. The molecule has 0 aliphatic rings. The number of hydrogen-bond donors (Lipinski definition) is 1. The monoisotopic (exact) mass is 342 g/mol. The quantitative estimate of drug-likeness (QED) is 0.563. The fourth-order valence-corrected chi connectivity index (χ4v) is 3.05. The molecule has 0 fully saturated rings. The van der Waals surface area contributed by atoms with Crippen molar-refractivity contribution in [2.45, 2.75) is 12.8 Å². The molecule has 1 amide bonds. The Morgan fingerprint density at radius 3 is 2.46 bits per heavy atom. The van der Waals surface area contributed by atoms with Crippen molar-refractivity contribution in [1.29, 1.82) is 0 Å². The predicted molar refractivity (Wildman–Crippen MR) is 102 cm³/mol. The van der Waals surface area contributed by atoms with Crippen molar-refractivity contribution in [2.24, 2.45) is 0 Å². The highest BCUT2D eigenvalue weighted by Crippen LogP contribution is 2.28. The zero-order chi connectivity index (χ0) is 17.8. The van der Waals surface area contributed by atoms with E-state index in [1.165, 1.54) is 5.56 Å².